The van der Waals surface area contributed by atoms with Gasteiger partial charge in [-0.05, 0) is 18.6 Å². The Morgan fingerprint density at radius 2 is 1.90 bits per heavy atom. The monoisotopic (exact) mass is 269 g/mol. The van der Waals surface area contributed by atoms with Gasteiger partial charge in [-0.25, -0.2) is 0 Å². The van der Waals surface area contributed by atoms with E-state index in [1.165, 1.54) is 5.56 Å². The van der Waals surface area contributed by atoms with E-state index >= 15 is 0 Å². The molecule has 0 aliphatic heterocycles. The lowest BCUT2D eigenvalue weighted by Crippen LogP contribution is -2.27. The molecule has 2 aromatic carbocycles. The number of phenolic OH excluding ortho intramolecular Hbond substituents is 1. The van der Waals surface area contributed by atoms with Crippen LogP contribution >= 0.6 is 0 Å². The number of rotatable bonds is 4. The van der Waals surface area contributed by atoms with Crippen LogP contribution in [0.5, 0.6) is 5.75 Å². The first-order chi connectivity index (χ1) is 9.56. The van der Waals surface area contributed by atoms with Gasteiger partial charge in [-0.1, -0.05) is 48.0 Å². The predicted molar refractivity (Wildman–Crippen MR) is 79.5 cm³/mol. The van der Waals surface area contributed by atoms with E-state index in [1.807, 2.05) is 31.2 Å². The van der Waals surface area contributed by atoms with E-state index in [1.54, 1.807) is 30.1 Å². The molecule has 0 fully saturated rings. The molecule has 0 saturated carbocycles. The Morgan fingerprint density at radius 1 is 1.15 bits per heavy atom. The number of hydrogen-bond acceptors (Lipinski definition) is 2. The number of nitrogens with zero attached hydrogens (tertiary/aromatic N) is 1. The first-order valence-corrected chi connectivity index (χ1v) is 6.62. The van der Waals surface area contributed by atoms with Crippen LogP contribution in [0.4, 0.5) is 0 Å². The number of hydrogen-bond donors (Lipinski definition) is 1. The lowest BCUT2D eigenvalue weighted by molar-refractivity contribution is -0.129. The highest BCUT2D eigenvalue weighted by atomic mass is 16.3. The number of benzene rings is 2. The van der Waals surface area contributed by atoms with Crippen LogP contribution in [-0.4, -0.2) is 23.0 Å². The molecule has 1 N–H and O–H groups in total. The third-order valence-corrected chi connectivity index (χ3v) is 3.26. The minimum atomic E-state index is -0.00648. The van der Waals surface area contributed by atoms with Crippen molar-refractivity contribution < 1.29 is 9.90 Å². The third-order valence-electron chi connectivity index (χ3n) is 3.26. The van der Waals surface area contributed by atoms with Crippen LogP contribution in [0.1, 0.15) is 16.7 Å². The first kappa shape index (κ1) is 14.1. The second-order valence-corrected chi connectivity index (χ2v) is 5.04. The lowest BCUT2D eigenvalue weighted by Gasteiger charge is -2.18. The van der Waals surface area contributed by atoms with E-state index in [9.17, 15) is 9.90 Å². The fourth-order valence-corrected chi connectivity index (χ4v) is 2.13. The number of phenols is 1. The van der Waals surface area contributed by atoms with E-state index in [-0.39, 0.29) is 18.1 Å². The highest BCUT2D eigenvalue weighted by Gasteiger charge is 2.12. The summed E-state index contributed by atoms with van der Waals surface area (Å²) in [6.45, 7) is 2.61. The van der Waals surface area contributed by atoms with Gasteiger partial charge in [0.25, 0.3) is 0 Å². The summed E-state index contributed by atoms with van der Waals surface area (Å²) in [5, 5.41) is 9.70. The van der Waals surface area contributed by atoms with Crippen LogP contribution in [0.2, 0.25) is 0 Å². The van der Waals surface area contributed by atoms with Crippen molar-refractivity contribution in [2.75, 3.05) is 7.05 Å². The van der Waals surface area contributed by atoms with Crippen LogP contribution in [0, 0.1) is 6.92 Å². The van der Waals surface area contributed by atoms with Crippen molar-refractivity contribution in [3.05, 3.63) is 65.2 Å². The van der Waals surface area contributed by atoms with Gasteiger partial charge in [-0.2, -0.15) is 0 Å². The van der Waals surface area contributed by atoms with Gasteiger partial charge in [-0.3, -0.25) is 4.79 Å². The third kappa shape index (κ3) is 3.60. The van der Waals surface area contributed by atoms with E-state index in [0.29, 0.717) is 12.1 Å². The molecule has 1 amide bonds. The molecule has 0 radical (unpaired) electrons. The fraction of sp³-hybridized carbons (Fsp3) is 0.235. The number of carbonyl (C=O) groups excluding carboxylic acids is 1. The van der Waals surface area contributed by atoms with E-state index in [4.69, 9.17) is 0 Å². The molecule has 0 aromatic heterocycles. The van der Waals surface area contributed by atoms with Crippen molar-refractivity contribution >= 4 is 5.91 Å². The van der Waals surface area contributed by atoms with Gasteiger partial charge in [0, 0.05) is 19.2 Å². The highest BCUT2D eigenvalue weighted by molar-refractivity contribution is 5.79. The molecule has 0 unspecified atom stereocenters. The SMILES string of the molecule is Cc1cccc(CN(C)C(=O)Cc2ccccc2O)c1. The molecule has 104 valence electrons. The predicted octanol–water partition coefficient (Wildman–Crippen LogP) is 2.90. The summed E-state index contributed by atoms with van der Waals surface area (Å²) in [5.41, 5.74) is 2.95. The Morgan fingerprint density at radius 3 is 2.60 bits per heavy atom. The maximum Gasteiger partial charge on any atom is 0.227 e. The van der Waals surface area contributed by atoms with Gasteiger partial charge in [0.1, 0.15) is 5.75 Å². The molecule has 0 saturated heterocycles. The number of para-hydroxylation sites is 1. The fourth-order valence-electron chi connectivity index (χ4n) is 2.13. The Kier molecular flexibility index (Phi) is 4.41. The van der Waals surface area contributed by atoms with E-state index in [2.05, 4.69) is 6.07 Å². The summed E-state index contributed by atoms with van der Waals surface area (Å²) in [4.78, 5) is 13.9. The Balaban J connectivity index is 2.01. The van der Waals surface area contributed by atoms with Crippen LogP contribution < -0.4 is 0 Å². The largest absolute Gasteiger partial charge is 0.508 e. The maximum absolute atomic E-state index is 12.2. The molecule has 2 rings (SSSR count). The van der Waals surface area contributed by atoms with Gasteiger partial charge >= 0.3 is 0 Å². The topological polar surface area (TPSA) is 40.5 Å². The number of likely N-dealkylation sites (N-methyl/N-ethyl adjacent to an activating group) is 1. The molecular weight excluding hydrogens is 250 g/mol. The summed E-state index contributed by atoms with van der Waals surface area (Å²) < 4.78 is 0. The minimum Gasteiger partial charge on any atom is -0.508 e. The van der Waals surface area contributed by atoms with Crippen molar-refractivity contribution in [3.63, 3.8) is 0 Å². The Hall–Kier alpha value is -2.29. The van der Waals surface area contributed by atoms with Gasteiger partial charge in [-0.15, -0.1) is 0 Å². The summed E-state index contributed by atoms with van der Waals surface area (Å²) in [6, 6.07) is 15.1. The number of carbonyl (C=O) groups is 1. The molecule has 2 aromatic rings. The van der Waals surface area contributed by atoms with Crippen LogP contribution in [0.25, 0.3) is 0 Å². The second-order valence-electron chi connectivity index (χ2n) is 5.04. The molecule has 0 atom stereocenters. The smallest absolute Gasteiger partial charge is 0.227 e. The minimum absolute atomic E-state index is 0.00648. The van der Waals surface area contributed by atoms with Crippen LogP contribution in [0.15, 0.2) is 48.5 Å². The van der Waals surface area contributed by atoms with Crippen molar-refractivity contribution in [1.29, 1.82) is 0 Å². The van der Waals surface area contributed by atoms with Crippen LogP contribution in [0.3, 0.4) is 0 Å². The molecular formula is C17H19NO2. The summed E-state index contributed by atoms with van der Waals surface area (Å²) in [7, 11) is 1.78. The Bertz CT molecular complexity index is 607. The van der Waals surface area contributed by atoms with Crippen molar-refractivity contribution in [1.82, 2.24) is 4.90 Å². The van der Waals surface area contributed by atoms with Crippen molar-refractivity contribution in [3.8, 4) is 5.75 Å². The molecule has 0 bridgehead atoms. The summed E-state index contributed by atoms with van der Waals surface area (Å²) in [5.74, 6) is 0.165. The number of amides is 1. The summed E-state index contributed by atoms with van der Waals surface area (Å²) >= 11 is 0. The molecule has 0 spiro atoms. The Labute approximate surface area is 119 Å². The quantitative estimate of drug-likeness (QED) is 0.927. The van der Waals surface area contributed by atoms with Gasteiger partial charge in [0.2, 0.25) is 5.91 Å². The molecule has 3 heteroatoms. The first-order valence-electron chi connectivity index (χ1n) is 6.62. The average molecular weight is 269 g/mol. The zero-order valence-corrected chi connectivity index (χ0v) is 11.8. The normalized spacial score (nSPS) is 10.3. The molecule has 3 nitrogen and oxygen atoms in total. The molecule has 0 heterocycles. The standard InChI is InChI=1S/C17H19NO2/c1-13-6-5-7-14(10-13)12-18(2)17(20)11-15-8-3-4-9-16(15)19/h3-10,19H,11-12H2,1-2H3. The second kappa shape index (κ2) is 6.24. The average Bonchev–Trinajstić information content (AvgIpc) is 2.41. The van der Waals surface area contributed by atoms with E-state index < -0.39 is 0 Å². The highest BCUT2D eigenvalue weighted by Crippen LogP contribution is 2.17. The molecule has 0 aliphatic rings. The number of aryl methyl sites for hydroxylation is 1. The zero-order chi connectivity index (χ0) is 14.5. The lowest BCUT2D eigenvalue weighted by atomic mass is 10.1. The van der Waals surface area contributed by atoms with Gasteiger partial charge in [0.05, 0.1) is 6.42 Å². The number of aromatic hydroxyl groups is 1. The molecule has 0 aliphatic carbocycles. The van der Waals surface area contributed by atoms with Crippen molar-refractivity contribution in [2.45, 2.75) is 19.9 Å². The van der Waals surface area contributed by atoms with E-state index in [0.717, 1.165) is 5.56 Å². The summed E-state index contributed by atoms with van der Waals surface area (Å²) in [6.07, 6.45) is 0.217. The van der Waals surface area contributed by atoms with Crippen molar-refractivity contribution in [2.24, 2.45) is 0 Å². The maximum atomic E-state index is 12.2. The zero-order valence-electron chi connectivity index (χ0n) is 11.8. The van der Waals surface area contributed by atoms with Gasteiger partial charge < -0.3 is 10.0 Å². The van der Waals surface area contributed by atoms with Crippen LogP contribution in [-0.2, 0) is 17.8 Å². The van der Waals surface area contributed by atoms with Gasteiger partial charge in [0.15, 0.2) is 0 Å². The molecule has 20 heavy (non-hydrogen) atoms.